The first-order chi connectivity index (χ1) is 9.67. The molecule has 5 heteroatoms. The molecular formula is C15H16FN3O. The van der Waals surface area contributed by atoms with Gasteiger partial charge in [-0.05, 0) is 36.8 Å². The van der Waals surface area contributed by atoms with Gasteiger partial charge in [-0.2, -0.15) is 0 Å². The fourth-order valence-corrected chi connectivity index (χ4v) is 1.71. The summed E-state index contributed by atoms with van der Waals surface area (Å²) in [7, 11) is 0. The Kier molecular flexibility index (Phi) is 4.65. The molecule has 2 aromatic rings. The van der Waals surface area contributed by atoms with Crippen molar-refractivity contribution < 1.29 is 9.18 Å². The Bertz CT molecular complexity index is 584. The van der Waals surface area contributed by atoms with Gasteiger partial charge in [0.25, 0.3) is 0 Å². The van der Waals surface area contributed by atoms with Crippen LogP contribution in [0.1, 0.15) is 19.8 Å². The lowest BCUT2D eigenvalue weighted by atomic mass is 10.3. The first kappa shape index (κ1) is 14.0. The highest BCUT2D eigenvalue weighted by molar-refractivity contribution is 5.89. The molecule has 0 bridgehead atoms. The largest absolute Gasteiger partial charge is 0.354 e. The van der Waals surface area contributed by atoms with Gasteiger partial charge in [0.2, 0.25) is 5.91 Å². The summed E-state index contributed by atoms with van der Waals surface area (Å²) in [6.07, 6.45) is 2.86. The summed E-state index contributed by atoms with van der Waals surface area (Å²) in [5.74, 6) is 0.158. The van der Waals surface area contributed by atoms with Gasteiger partial charge in [-0.25, -0.2) is 9.37 Å². The number of rotatable bonds is 5. The second kappa shape index (κ2) is 6.65. The first-order valence-corrected chi connectivity index (χ1v) is 6.46. The number of carbonyl (C=O) groups excluding carboxylic acids is 1. The molecule has 2 rings (SSSR count). The number of carbonyl (C=O) groups is 1. The molecule has 1 amide bonds. The van der Waals surface area contributed by atoms with E-state index in [1.54, 1.807) is 30.5 Å². The van der Waals surface area contributed by atoms with Gasteiger partial charge < -0.3 is 10.6 Å². The minimum absolute atomic E-state index is 0.0501. The van der Waals surface area contributed by atoms with Crippen molar-refractivity contribution in [3.05, 3.63) is 48.4 Å². The van der Waals surface area contributed by atoms with Crippen LogP contribution in [0.4, 0.5) is 21.6 Å². The Morgan fingerprint density at radius 3 is 2.75 bits per heavy atom. The Morgan fingerprint density at radius 1 is 1.25 bits per heavy atom. The quantitative estimate of drug-likeness (QED) is 0.873. The van der Waals surface area contributed by atoms with E-state index in [1.807, 2.05) is 6.92 Å². The predicted molar refractivity (Wildman–Crippen MR) is 77.5 cm³/mol. The zero-order valence-electron chi connectivity index (χ0n) is 11.2. The van der Waals surface area contributed by atoms with Crippen LogP contribution in [0.25, 0.3) is 0 Å². The molecule has 0 fully saturated rings. The van der Waals surface area contributed by atoms with Crippen molar-refractivity contribution in [1.29, 1.82) is 0 Å². The summed E-state index contributed by atoms with van der Waals surface area (Å²) in [6.45, 7) is 1.94. The third-order valence-corrected chi connectivity index (χ3v) is 2.62. The van der Waals surface area contributed by atoms with Gasteiger partial charge in [0.1, 0.15) is 11.6 Å². The maximum Gasteiger partial charge on any atom is 0.225 e. The molecule has 2 N–H and O–H groups in total. The number of nitrogens with zero attached hydrogens (tertiary/aromatic N) is 1. The number of amides is 1. The molecule has 1 aromatic carbocycles. The van der Waals surface area contributed by atoms with Crippen LogP contribution >= 0.6 is 0 Å². The van der Waals surface area contributed by atoms with Crippen LogP contribution in [0.5, 0.6) is 0 Å². The van der Waals surface area contributed by atoms with Crippen LogP contribution in [-0.4, -0.2) is 10.9 Å². The van der Waals surface area contributed by atoms with Gasteiger partial charge in [-0.1, -0.05) is 13.0 Å². The Hall–Kier alpha value is -2.43. The maximum atomic E-state index is 13.0. The molecule has 0 spiro atoms. The Labute approximate surface area is 117 Å². The van der Waals surface area contributed by atoms with Crippen molar-refractivity contribution >= 4 is 23.1 Å². The lowest BCUT2D eigenvalue weighted by Crippen LogP contribution is -2.11. The fraction of sp³-hybridized carbons (Fsp3) is 0.200. The second-order valence-electron chi connectivity index (χ2n) is 4.37. The van der Waals surface area contributed by atoms with E-state index < -0.39 is 0 Å². The van der Waals surface area contributed by atoms with Crippen LogP contribution in [0, 0.1) is 5.82 Å². The SMILES string of the molecule is CCCC(=O)Nc1ccc(Nc2cccc(F)c2)cn1. The number of aromatic nitrogens is 1. The number of anilines is 3. The van der Waals surface area contributed by atoms with E-state index in [0.717, 1.165) is 12.1 Å². The average Bonchev–Trinajstić information content (AvgIpc) is 2.41. The molecule has 20 heavy (non-hydrogen) atoms. The molecule has 0 aliphatic heterocycles. The van der Waals surface area contributed by atoms with Crippen LogP contribution in [0.3, 0.4) is 0 Å². The second-order valence-corrected chi connectivity index (χ2v) is 4.37. The molecule has 0 saturated carbocycles. The van der Waals surface area contributed by atoms with Gasteiger partial charge in [-0.3, -0.25) is 4.79 Å². The van der Waals surface area contributed by atoms with E-state index in [2.05, 4.69) is 15.6 Å². The monoisotopic (exact) mass is 273 g/mol. The van der Waals surface area contributed by atoms with Crippen molar-refractivity contribution in [3.8, 4) is 0 Å². The minimum Gasteiger partial charge on any atom is -0.354 e. The molecule has 0 saturated heterocycles. The molecule has 1 aromatic heterocycles. The van der Waals surface area contributed by atoms with Gasteiger partial charge >= 0.3 is 0 Å². The predicted octanol–water partition coefficient (Wildman–Crippen LogP) is 3.70. The van der Waals surface area contributed by atoms with Crippen LogP contribution in [-0.2, 0) is 4.79 Å². The first-order valence-electron chi connectivity index (χ1n) is 6.46. The van der Waals surface area contributed by atoms with Crippen molar-refractivity contribution in [2.45, 2.75) is 19.8 Å². The highest BCUT2D eigenvalue weighted by atomic mass is 19.1. The zero-order chi connectivity index (χ0) is 14.4. The van der Waals surface area contributed by atoms with E-state index in [9.17, 15) is 9.18 Å². The third-order valence-electron chi connectivity index (χ3n) is 2.62. The fourth-order valence-electron chi connectivity index (χ4n) is 1.71. The van der Waals surface area contributed by atoms with Crippen LogP contribution in [0.2, 0.25) is 0 Å². The van der Waals surface area contributed by atoms with Crippen molar-refractivity contribution in [1.82, 2.24) is 4.98 Å². The summed E-state index contributed by atoms with van der Waals surface area (Å²) in [5.41, 5.74) is 1.37. The normalized spacial score (nSPS) is 10.1. The molecule has 0 aliphatic carbocycles. The van der Waals surface area contributed by atoms with E-state index >= 15 is 0 Å². The number of hydrogen-bond donors (Lipinski definition) is 2. The van der Waals surface area contributed by atoms with E-state index in [-0.39, 0.29) is 11.7 Å². The van der Waals surface area contributed by atoms with E-state index in [0.29, 0.717) is 17.9 Å². The van der Waals surface area contributed by atoms with E-state index in [4.69, 9.17) is 0 Å². The topological polar surface area (TPSA) is 54.0 Å². The highest BCUT2D eigenvalue weighted by Gasteiger charge is 2.02. The number of hydrogen-bond acceptors (Lipinski definition) is 3. The smallest absolute Gasteiger partial charge is 0.225 e. The lowest BCUT2D eigenvalue weighted by molar-refractivity contribution is -0.116. The van der Waals surface area contributed by atoms with Gasteiger partial charge in [0.15, 0.2) is 0 Å². The third kappa shape index (κ3) is 4.05. The summed E-state index contributed by atoms with van der Waals surface area (Å²) in [4.78, 5) is 15.5. The lowest BCUT2D eigenvalue weighted by Gasteiger charge is -2.07. The summed E-state index contributed by atoms with van der Waals surface area (Å²) < 4.78 is 13.0. The molecule has 0 aliphatic rings. The molecule has 4 nitrogen and oxygen atoms in total. The Balaban J connectivity index is 1.99. The van der Waals surface area contributed by atoms with Crippen molar-refractivity contribution in [3.63, 3.8) is 0 Å². The molecular weight excluding hydrogens is 257 g/mol. The number of pyridine rings is 1. The average molecular weight is 273 g/mol. The number of halogens is 1. The molecule has 1 heterocycles. The zero-order valence-corrected chi connectivity index (χ0v) is 11.2. The minimum atomic E-state index is -0.300. The summed E-state index contributed by atoms with van der Waals surface area (Å²) in [6, 6.07) is 9.66. The molecule has 104 valence electrons. The van der Waals surface area contributed by atoms with Gasteiger partial charge in [-0.15, -0.1) is 0 Å². The summed E-state index contributed by atoms with van der Waals surface area (Å²) in [5, 5.41) is 5.74. The van der Waals surface area contributed by atoms with Gasteiger partial charge in [0, 0.05) is 12.1 Å². The molecule has 0 atom stereocenters. The van der Waals surface area contributed by atoms with Crippen molar-refractivity contribution in [2.24, 2.45) is 0 Å². The Morgan fingerprint density at radius 2 is 2.10 bits per heavy atom. The maximum absolute atomic E-state index is 13.0. The van der Waals surface area contributed by atoms with Crippen LogP contribution in [0.15, 0.2) is 42.6 Å². The number of nitrogens with one attached hydrogen (secondary N) is 2. The molecule has 0 radical (unpaired) electrons. The standard InChI is InChI=1S/C15H16FN3O/c1-2-4-15(20)19-14-8-7-13(10-17-14)18-12-6-3-5-11(16)9-12/h3,5-10,18H,2,4H2,1H3,(H,17,19,20). The molecule has 0 unspecified atom stereocenters. The van der Waals surface area contributed by atoms with E-state index in [1.165, 1.54) is 12.1 Å². The summed E-state index contributed by atoms with van der Waals surface area (Å²) >= 11 is 0. The highest BCUT2D eigenvalue weighted by Crippen LogP contribution is 2.17. The van der Waals surface area contributed by atoms with Crippen LogP contribution < -0.4 is 10.6 Å². The van der Waals surface area contributed by atoms with Crippen molar-refractivity contribution in [2.75, 3.05) is 10.6 Å². The van der Waals surface area contributed by atoms with Gasteiger partial charge in [0.05, 0.1) is 11.9 Å². The number of benzene rings is 1.